The van der Waals surface area contributed by atoms with Crippen molar-refractivity contribution < 1.29 is 18.3 Å². The van der Waals surface area contributed by atoms with Gasteiger partial charge in [0, 0.05) is 20.1 Å². The number of benzene rings is 2. The van der Waals surface area contributed by atoms with Gasteiger partial charge in [-0.15, -0.1) is 24.0 Å². The zero-order chi connectivity index (χ0) is 19.3. The van der Waals surface area contributed by atoms with Crippen LogP contribution in [0, 0.1) is 0 Å². The number of hydrogen-bond donors (Lipinski definition) is 2. The van der Waals surface area contributed by atoms with Gasteiger partial charge in [0.05, 0.1) is 6.61 Å². The van der Waals surface area contributed by atoms with E-state index in [1.54, 1.807) is 25.2 Å². The van der Waals surface area contributed by atoms with E-state index >= 15 is 0 Å². The number of hydrogen-bond acceptors (Lipinski definition) is 3. The minimum Gasteiger partial charge on any atom is -0.494 e. The van der Waals surface area contributed by atoms with Crippen molar-refractivity contribution in [3.8, 4) is 11.5 Å². The van der Waals surface area contributed by atoms with Gasteiger partial charge in [0.15, 0.2) is 5.96 Å². The van der Waals surface area contributed by atoms with E-state index in [2.05, 4.69) is 15.6 Å². The molecule has 2 aromatic rings. The fraction of sp³-hybridized carbons (Fsp3) is 0.350. The van der Waals surface area contributed by atoms with Gasteiger partial charge in [0.1, 0.15) is 18.1 Å². The van der Waals surface area contributed by atoms with Gasteiger partial charge in [0.25, 0.3) is 6.43 Å². The predicted octanol–water partition coefficient (Wildman–Crippen LogP) is 4.08. The summed E-state index contributed by atoms with van der Waals surface area (Å²) in [6.07, 6.45) is -1.66. The van der Waals surface area contributed by atoms with Gasteiger partial charge in [-0.2, -0.15) is 0 Å². The normalized spacial score (nSPS) is 10.9. The first-order valence-electron chi connectivity index (χ1n) is 8.79. The molecule has 0 heterocycles. The summed E-state index contributed by atoms with van der Waals surface area (Å²) in [7, 11) is 1.69. The van der Waals surface area contributed by atoms with Crippen LogP contribution in [-0.2, 0) is 6.54 Å². The Kier molecular flexibility index (Phi) is 11.9. The smallest absolute Gasteiger partial charge is 0.272 e. The van der Waals surface area contributed by atoms with E-state index in [0.29, 0.717) is 31.4 Å². The SMILES string of the molecule is CN=C(NCCCOc1ccccc1)NCc1cccc(OCC(F)F)c1.I. The van der Waals surface area contributed by atoms with Crippen LogP contribution in [0.2, 0.25) is 0 Å². The molecule has 0 aliphatic heterocycles. The molecule has 0 saturated carbocycles. The Morgan fingerprint density at radius 3 is 2.46 bits per heavy atom. The molecule has 5 nitrogen and oxygen atoms in total. The van der Waals surface area contributed by atoms with Crippen LogP contribution in [0.5, 0.6) is 11.5 Å². The summed E-state index contributed by atoms with van der Waals surface area (Å²) >= 11 is 0. The molecule has 0 amide bonds. The summed E-state index contributed by atoms with van der Waals surface area (Å²) in [5.41, 5.74) is 0.914. The van der Waals surface area contributed by atoms with Gasteiger partial charge in [0.2, 0.25) is 0 Å². The number of alkyl halides is 2. The van der Waals surface area contributed by atoms with Crippen LogP contribution >= 0.6 is 24.0 Å². The van der Waals surface area contributed by atoms with Crippen molar-refractivity contribution in [2.45, 2.75) is 19.4 Å². The fourth-order valence-electron chi connectivity index (χ4n) is 2.30. The molecule has 0 aliphatic carbocycles. The van der Waals surface area contributed by atoms with Gasteiger partial charge in [-0.25, -0.2) is 8.78 Å². The largest absolute Gasteiger partial charge is 0.494 e. The third kappa shape index (κ3) is 9.72. The van der Waals surface area contributed by atoms with Crippen molar-refractivity contribution in [3.05, 3.63) is 60.2 Å². The lowest BCUT2D eigenvalue weighted by molar-refractivity contribution is 0.0818. The number of halogens is 3. The molecule has 0 aromatic heterocycles. The Morgan fingerprint density at radius 2 is 1.75 bits per heavy atom. The maximum Gasteiger partial charge on any atom is 0.272 e. The fourth-order valence-corrected chi connectivity index (χ4v) is 2.30. The number of nitrogens with one attached hydrogen (secondary N) is 2. The topological polar surface area (TPSA) is 54.9 Å². The molecule has 28 heavy (non-hydrogen) atoms. The summed E-state index contributed by atoms with van der Waals surface area (Å²) in [6, 6.07) is 16.7. The van der Waals surface area contributed by atoms with Gasteiger partial charge >= 0.3 is 0 Å². The molecule has 2 rings (SSSR count). The molecular formula is C20H26F2IN3O2. The highest BCUT2D eigenvalue weighted by molar-refractivity contribution is 14.0. The highest BCUT2D eigenvalue weighted by atomic mass is 127. The van der Waals surface area contributed by atoms with E-state index in [1.807, 2.05) is 36.4 Å². The third-order valence-electron chi connectivity index (χ3n) is 3.58. The highest BCUT2D eigenvalue weighted by Crippen LogP contribution is 2.14. The second-order valence-corrected chi connectivity index (χ2v) is 5.72. The average molecular weight is 505 g/mol. The predicted molar refractivity (Wildman–Crippen MR) is 118 cm³/mol. The summed E-state index contributed by atoms with van der Waals surface area (Å²) in [4.78, 5) is 4.16. The molecule has 0 spiro atoms. The second kappa shape index (κ2) is 14.0. The first-order valence-corrected chi connectivity index (χ1v) is 8.79. The molecule has 8 heteroatoms. The third-order valence-corrected chi connectivity index (χ3v) is 3.58. The number of ether oxygens (including phenoxy) is 2. The molecule has 2 N–H and O–H groups in total. The molecular weight excluding hydrogens is 479 g/mol. The number of rotatable bonds is 10. The molecule has 154 valence electrons. The number of guanidine groups is 1. The maximum atomic E-state index is 12.2. The molecule has 0 atom stereocenters. The van der Waals surface area contributed by atoms with E-state index in [1.165, 1.54) is 0 Å². The molecule has 0 radical (unpaired) electrons. The van der Waals surface area contributed by atoms with Crippen molar-refractivity contribution >= 4 is 29.9 Å². The summed E-state index contributed by atoms with van der Waals surface area (Å²) in [5.74, 6) is 1.94. The number of nitrogens with zero attached hydrogens (tertiary/aromatic N) is 1. The van der Waals surface area contributed by atoms with Crippen LogP contribution in [0.1, 0.15) is 12.0 Å². The van der Waals surface area contributed by atoms with Crippen molar-refractivity contribution in [3.63, 3.8) is 0 Å². The molecule has 2 aromatic carbocycles. The minimum absolute atomic E-state index is 0. The Labute approximate surface area is 181 Å². The van der Waals surface area contributed by atoms with E-state index in [4.69, 9.17) is 9.47 Å². The molecule has 0 bridgehead atoms. The summed E-state index contributed by atoms with van der Waals surface area (Å²) in [5, 5.41) is 6.39. The van der Waals surface area contributed by atoms with Gasteiger partial charge < -0.3 is 20.1 Å². The molecule has 0 saturated heterocycles. The Morgan fingerprint density at radius 1 is 1.00 bits per heavy atom. The second-order valence-electron chi connectivity index (χ2n) is 5.72. The van der Waals surface area contributed by atoms with E-state index in [0.717, 1.165) is 17.7 Å². The van der Waals surface area contributed by atoms with Crippen LogP contribution in [0.3, 0.4) is 0 Å². The van der Waals surface area contributed by atoms with Gasteiger partial charge in [-0.3, -0.25) is 4.99 Å². The summed E-state index contributed by atoms with van der Waals surface area (Å²) < 4.78 is 35.1. The van der Waals surface area contributed by atoms with Crippen LogP contribution in [0.15, 0.2) is 59.6 Å². The quantitative estimate of drug-likeness (QED) is 0.221. The van der Waals surface area contributed by atoms with Crippen molar-refractivity contribution in [1.82, 2.24) is 10.6 Å². The Balaban J connectivity index is 0.00000392. The van der Waals surface area contributed by atoms with E-state index < -0.39 is 13.0 Å². The molecule has 0 fully saturated rings. The Hall–Kier alpha value is -2.10. The van der Waals surface area contributed by atoms with Crippen LogP contribution < -0.4 is 20.1 Å². The highest BCUT2D eigenvalue weighted by Gasteiger charge is 2.04. The lowest BCUT2D eigenvalue weighted by atomic mass is 10.2. The van der Waals surface area contributed by atoms with Crippen LogP contribution in [0.25, 0.3) is 0 Å². The number of para-hydroxylation sites is 1. The van der Waals surface area contributed by atoms with Gasteiger partial charge in [-0.05, 0) is 36.2 Å². The van der Waals surface area contributed by atoms with Crippen LogP contribution in [-0.4, -0.2) is 39.2 Å². The number of aliphatic imine (C=N–C) groups is 1. The maximum absolute atomic E-state index is 12.2. The van der Waals surface area contributed by atoms with Crippen molar-refractivity contribution in [2.75, 3.05) is 26.8 Å². The lowest BCUT2D eigenvalue weighted by Crippen LogP contribution is -2.37. The Bertz CT molecular complexity index is 703. The lowest BCUT2D eigenvalue weighted by Gasteiger charge is -2.13. The monoisotopic (exact) mass is 505 g/mol. The van der Waals surface area contributed by atoms with Crippen LogP contribution in [0.4, 0.5) is 8.78 Å². The molecule has 0 aliphatic rings. The van der Waals surface area contributed by atoms with E-state index in [-0.39, 0.29) is 24.0 Å². The van der Waals surface area contributed by atoms with Crippen molar-refractivity contribution in [1.29, 1.82) is 0 Å². The first kappa shape index (κ1) is 23.9. The zero-order valence-electron chi connectivity index (χ0n) is 15.7. The van der Waals surface area contributed by atoms with Crippen molar-refractivity contribution in [2.24, 2.45) is 4.99 Å². The molecule has 0 unspecified atom stereocenters. The minimum atomic E-state index is -2.49. The zero-order valence-corrected chi connectivity index (χ0v) is 18.1. The van der Waals surface area contributed by atoms with E-state index in [9.17, 15) is 8.78 Å². The first-order chi connectivity index (χ1) is 13.2. The summed E-state index contributed by atoms with van der Waals surface area (Å²) in [6.45, 7) is 1.22. The average Bonchev–Trinajstić information content (AvgIpc) is 2.69. The standard InChI is InChI=1S/C20H25F2N3O2.HI/c1-23-20(24-11-6-12-26-17-8-3-2-4-9-17)25-14-16-7-5-10-18(13-16)27-15-19(21)22;/h2-5,7-10,13,19H,6,11-12,14-15H2,1H3,(H2,23,24,25);1H. The van der Waals surface area contributed by atoms with Gasteiger partial charge in [-0.1, -0.05) is 30.3 Å².